The molecule has 6 heteroatoms. The fourth-order valence-electron chi connectivity index (χ4n) is 7.66. The molecular weight excluding hydrogens is 592 g/mol. The molecule has 0 aromatic carbocycles. The van der Waals surface area contributed by atoms with E-state index in [4.69, 9.17) is 9.16 Å². The highest BCUT2D eigenvalue weighted by molar-refractivity contribution is 9.09. The first-order chi connectivity index (χ1) is 18.9. The van der Waals surface area contributed by atoms with E-state index < -0.39 is 13.9 Å². The van der Waals surface area contributed by atoms with Crippen LogP contribution in [0.3, 0.4) is 0 Å². The monoisotopic (exact) mass is 650 g/mol. The van der Waals surface area contributed by atoms with Gasteiger partial charge in [-0.25, -0.2) is 0 Å². The van der Waals surface area contributed by atoms with Gasteiger partial charge in [-0.05, 0) is 105 Å². The zero-order valence-corrected chi connectivity index (χ0v) is 30.2. The van der Waals surface area contributed by atoms with Crippen molar-refractivity contribution in [2.24, 2.45) is 23.2 Å². The third kappa shape index (κ3) is 8.70. The molecule has 0 bridgehead atoms. The number of carbonyl (C=O) groups is 1. The molecular formula is C35H59BrO4Si. The molecule has 0 saturated heterocycles. The van der Waals surface area contributed by atoms with Crippen molar-refractivity contribution in [3.05, 3.63) is 35.5 Å². The Labute approximate surface area is 261 Å². The fraction of sp³-hybridized carbons (Fsp3) is 0.800. The minimum absolute atomic E-state index is 0.0929. The lowest BCUT2D eigenvalue weighted by Gasteiger charge is -2.44. The van der Waals surface area contributed by atoms with E-state index >= 15 is 0 Å². The summed E-state index contributed by atoms with van der Waals surface area (Å²) in [5.41, 5.74) is 3.59. The van der Waals surface area contributed by atoms with E-state index in [2.05, 4.69) is 82.4 Å². The summed E-state index contributed by atoms with van der Waals surface area (Å²) >= 11 is 3.26. The lowest BCUT2D eigenvalue weighted by molar-refractivity contribution is -0.147. The Morgan fingerprint density at radius 3 is 2.51 bits per heavy atom. The molecule has 1 N–H and O–H groups in total. The highest BCUT2D eigenvalue weighted by Gasteiger charge is 2.50. The van der Waals surface area contributed by atoms with Crippen LogP contribution in [-0.2, 0) is 14.0 Å². The van der Waals surface area contributed by atoms with Crippen molar-refractivity contribution in [1.29, 1.82) is 0 Å². The van der Waals surface area contributed by atoms with Gasteiger partial charge in [0.15, 0.2) is 8.32 Å². The second-order valence-corrected chi connectivity index (χ2v) is 21.1. The summed E-state index contributed by atoms with van der Waals surface area (Å²) in [6, 6.07) is 0. The fourth-order valence-corrected chi connectivity index (χ4v) is 9.10. The van der Waals surface area contributed by atoms with Crippen LogP contribution >= 0.6 is 15.9 Å². The minimum atomic E-state index is -2.03. The van der Waals surface area contributed by atoms with E-state index in [-0.39, 0.29) is 28.5 Å². The van der Waals surface area contributed by atoms with Crippen molar-refractivity contribution in [1.82, 2.24) is 0 Å². The molecule has 6 atom stereocenters. The number of esters is 1. The maximum absolute atomic E-state index is 12.2. The molecule has 1 unspecified atom stereocenters. The Hall–Kier alpha value is -0.693. The molecule has 4 nitrogen and oxygen atoms in total. The minimum Gasteiger partial charge on any atom is -0.461 e. The molecule has 234 valence electrons. The summed E-state index contributed by atoms with van der Waals surface area (Å²) in [6.07, 6.45) is 15.2. The number of hydrogen-bond acceptors (Lipinski definition) is 4. The summed E-state index contributed by atoms with van der Waals surface area (Å²) < 4.78 is 12.7. The number of allylic oxidation sites excluding steroid dienone is 3. The van der Waals surface area contributed by atoms with Crippen LogP contribution in [-0.4, -0.2) is 42.5 Å². The average molecular weight is 652 g/mol. The summed E-state index contributed by atoms with van der Waals surface area (Å²) in [4.78, 5) is 12.2. The molecule has 0 heterocycles. The van der Waals surface area contributed by atoms with Crippen LogP contribution in [0.15, 0.2) is 35.5 Å². The first-order valence-electron chi connectivity index (χ1n) is 16.1. The van der Waals surface area contributed by atoms with Gasteiger partial charge in [0, 0.05) is 12.8 Å². The van der Waals surface area contributed by atoms with Gasteiger partial charge in [-0.3, -0.25) is 4.79 Å². The number of fused-ring (bicyclic) bond motifs is 1. The SMILES string of the molecule is C=C1/C(=C\C=C2/CCC[C@@]3(C)C2CC[C@@H]3[C@H](C)CCCC(C)(C)O)C[C@@H](OC(=O)CBr)C[C@@H]1O[Si](C)(C)C(C)(C)C. The van der Waals surface area contributed by atoms with Gasteiger partial charge < -0.3 is 14.3 Å². The lowest BCUT2D eigenvalue weighted by atomic mass is 9.60. The van der Waals surface area contributed by atoms with Gasteiger partial charge >= 0.3 is 5.97 Å². The lowest BCUT2D eigenvalue weighted by Crippen LogP contribution is -2.46. The van der Waals surface area contributed by atoms with E-state index in [1.54, 1.807) is 5.57 Å². The Kier molecular flexibility index (Phi) is 11.5. The van der Waals surface area contributed by atoms with Crippen LogP contribution in [0.4, 0.5) is 0 Å². The summed E-state index contributed by atoms with van der Waals surface area (Å²) in [5.74, 6) is 1.84. The zero-order chi connectivity index (χ0) is 30.8. The van der Waals surface area contributed by atoms with Crippen LogP contribution in [0.5, 0.6) is 0 Å². The van der Waals surface area contributed by atoms with E-state index in [9.17, 15) is 9.90 Å². The summed E-state index contributed by atoms with van der Waals surface area (Å²) in [7, 11) is -2.03. The third-order valence-corrected chi connectivity index (χ3v) is 16.0. The van der Waals surface area contributed by atoms with Crippen molar-refractivity contribution in [2.75, 3.05) is 5.33 Å². The second kappa shape index (κ2) is 13.5. The zero-order valence-electron chi connectivity index (χ0n) is 27.6. The topological polar surface area (TPSA) is 55.8 Å². The van der Waals surface area contributed by atoms with E-state index in [0.717, 1.165) is 24.3 Å². The Bertz CT molecular complexity index is 1000. The maximum Gasteiger partial charge on any atom is 0.316 e. The molecule has 0 aliphatic heterocycles. The molecule has 3 fully saturated rings. The molecule has 3 aliphatic carbocycles. The normalized spacial score (nSPS) is 32.3. The van der Waals surface area contributed by atoms with Gasteiger partial charge in [-0.15, -0.1) is 0 Å². The molecule has 3 aliphatic rings. The van der Waals surface area contributed by atoms with Crippen molar-refractivity contribution in [3.8, 4) is 0 Å². The largest absolute Gasteiger partial charge is 0.461 e. The number of carbonyl (C=O) groups excluding carboxylic acids is 1. The van der Waals surface area contributed by atoms with E-state index in [1.807, 2.05) is 13.8 Å². The van der Waals surface area contributed by atoms with Gasteiger partial charge in [0.2, 0.25) is 0 Å². The summed E-state index contributed by atoms with van der Waals surface area (Å²) in [6.45, 7) is 24.7. The highest BCUT2D eigenvalue weighted by Crippen LogP contribution is 2.60. The highest BCUT2D eigenvalue weighted by atomic mass is 79.9. The van der Waals surface area contributed by atoms with Gasteiger partial charge in [0.25, 0.3) is 0 Å². The smallest absolute Gasteiger partial charge is 0.316 e. The van der Waals surface area contributed by atoms with Crippen LogP contribution < -0.4 is 0 Å². The molecule has 41 heavy (non-hydrogen) atoms. The Balaban J connectivity index is 1.81. The maximum atomic E-state index is 12.2. The molecule has 3 rings (SSSR count). The molecule has 0 radical (unpaired) electrons. The van der Waals surface area contributed by atoms with E-state index in [0.29, 0.717) is 30.1 Å². The summed E-state index contributed by atoms with van der Waals surface area (Å²) in [5, 5.41) is 10.5. The molecule has 0 spiro atoms. The Morgan fingerprint density at radius 1 is 1.22 bits per heavy atom. The predicted octanol–water partition coefficient (Wildman–Crippen LogP) is 9.68. The molecule has 3 saturated carbocycles. The first-order valence-corrected chi connectivity index (χ1v) is 20.2. The second-order valence-electron chi connectivity index (χ2n) is 15.8. The molecule has 0 aromatic rings. The average Bonchev–Trinajstić information content (AvgIpc) is 3.20. The first kappa shape index (κ1) is 34.8. The van der Waals surface area contributed by atoms with Crippen LogP contribution in [0.1, 0.15) is 113 Å². The number of ether oxygens (including phenoxy) is 1. The molecule has 0 aromatic heterocycles. The number of aliphatic hydroxyl groups is 1. The van der Waals surface area contributed by atoms with Gasteiger partial charge in [0.1, 0.15) is 11.4 Å². The number of rotatable bonds is 10. The van der Waals surface area contributed by atoms with Crippen molar-refractivity contribution in [2.45, 2.75) is 149 Å². The van der Waals surface area contributed by atoms with Gasteiger partial charge in [-0.2, -0.15) is 0 Å². The predicted molar refractivity (Wildman–Crippen MR) is 178 cm³/mol. The van der Waals surface area contributed by atoms with Crippen LogP contribution in [0.2, 0.25) is 18.1 Å². The third-order valence-electron chi connectivity index (χ3n) is 11.0. The Morgan fingerprint density at radius 2 is 1.90 bits per heavy atom. The van der Waals surface area contributed by atoms with Crippen LogP contribution in [0, 0.1) is 23.2 Å². The number of alkyl halides is 1. The quantitative estimate of drug-likeness (QED) is 0.145. The van der Waals surface area contributed by atoms with Crippen molar-refractivity contribution >= 4 is 30.2 Å². The molecule has 0 amide bonds. The standard InChI is InChI=1S/C35H59BrO4Si/c1-24(13-11-19-34(6,7)38)29-17-18-30-26(14-12-20-35(29,30)8)15-16-27-21-28(39-32(37)23-36)22-31(25(27)2)40-41(9,10)33(3,4)5/h15-16,24,28-31,38H,2,11-14,17-23H2,1,3-10H3/b26-15+,27-16-/t24-,28-,29-,30?,31+,35-/m1/s1. The van der Waals surface area contributed by atoms with Gasteiger partial charge in [-0.1, -0.05) is 87.7 Å². The van der Waals surface area contributed by atoms with Gasteiger partial charge in [0.05, 0.1) is 11.7 Å². The van der Waals surface area contributed by atoms with E-state index in [1.165, 1.54) is 44.1 Å². The van der Waals surface area contributed by atoms with Crippen molar-refractivity contribution < 1.29 is 19.1 Å². The van der Waals surface area contributed by atoms with Crippen LogP contribution in [0.25, 0.3) is 0 Å². The number of hydrogen-bond donors (Lipinski definition) is 1. The number of halogens is 1. The van der Waals surface area contributed by atoms with Crippen molar-refractivity contribution in [3.63, 3.8) is 0 Å².